The van der Waals surface area contributed by atoms with Gasteiger partial charge in [-0.2, -0.15) is 0 Å². The fourth-order valence-corrected chi connectivity index (χ4v) is 6.02. The Labute approximate surface area is 323 Å². The monoisotopic (exact) mass is 784 g/mol. The van der Waals surface area contributed by atoms with Crippen LogP contribution in [-0.4, -0.2) is 96.4 Å². The van der Waals surface area contributed by atoms with Gasteiger partial charge in [0, 0.05) is 90.9 Å². The number of hydrogen-bond donors (Lipinski definition) is 7. The lowest BCUT2D eigenvalue weighted by Crippen LogP contribution is -2.40. The van der Waals surface area contributed by atoms with Gasteiger partial charge in [0.25, 0.3) is 23.6 Å². The number of imidazole rings is 3. The minimum absolute atomic E-state index is 0.0102. The second kappa shape index (κ2) is 15.7. The molecule has 5 aromatic rings. The Morgan fingerprint density at radius 1 is 0.649 bits per heavy atom. The fourth-order valence-electron chi connectivity index (χ4n) is 6.02. The maximum Gasteiger partial charge on any atom is 0.372 e. The number of anilines is 4. The van der Waals surface area contributed by atoms with Crippen LogP contribution in [0.15, 0.2) is 49.3 Å². The van der Waals surface area contributed by atoms with Gasteiger partial charge in [-0.15, -0.1) is 0 Å². The number of aryl methyl sites for hydroxylation is 5. The molecule has 298 valence electrons. The highest BCUT2D eigenvalue weighted by molar-refractivity contribution is 6.05. The van der Waals surface area contributed by atoms with Crippen molar-refractivity contribution in [2.45, 2.75) is 31.2 Å². The van der Waals surface area contributed by atoms with Gasteiger partial charge in [0.15, 0.2) is 17.5 Å². The van der Waals surface area contributed by atoms with E-state index in [9.17, 15) is 38.7 Å². The van der Waals surface area contributed by atoms with Gasteiger partial charge in [0.05, 0.1) is 17.8 Å². The van der Waals surface area contributed by atoms with E-state index in [0.29, 0.717) is 24.2 Å². The Bertz CT molecular complexity index is 2420. The van der Waals surface area contributed by atoms with Crippen molar-refractivity contribution in [1.82, 2.24) is 48.4 Å². The number of carboxylic acid groups (broad SMARTS) is 1. The molecular formula is C35H40N14O8. The topological polar surface area (TPSA) is 275 Å². The number of nitrogens with one attached hydrogen (secondary N) is 6. The number of aromatic carboxylic acids is 1. The molecule has 5 heterocycles. The van der Waals surface area contributed by atoms with Gasteiger partial charge >= 0.3 is 5.97 Å². The number of hydrogen-bond acceptors (Lipinski definition) is 10. The molecule has 1 fully saturated rings. The molecule has 22 nitrogen and oxygen atoms in total. The Morgan fingerprint density at radius 3 is 1.74 bits per heavy atom. The van der Waals surface area contributed by atoms with Crippen LogP contribution in [0.25, 0.3) is 0 Å². The molecule has 0 unspecified atom stereocenters. The first kappa shape index (κ1) is 39.2. The molecular weight excluding hydrogens is 744 g/mol. The standard InChI is InChI=1S/C35H40N14O8/c1-45-11-10-36-27(45)32(54)38-19-12-21(46(2)15-19)30(52)37-9-6-25(50)40-23-17-48(4)28(42-23)33(55)39-20-13-22(47(3)16-20)31(53)44-35(7-8-35)14-26(51)41-24-18-49(5)29(43-24)34(56)57/h10-13,15-18H,6-9,14H2,1-5H3,(H,37,52)(H,38,54)(H,39,55)(H,40,50)(H,41,51)(H,44,53)(H,56,57). The summed E-state index contributed by atoms with van der Waals surface area (Å²) >= 11 is 0. The fraction of sp³-hybridized carbons (Fsp3) is 0.314. The molecule has 0 saturated heterocycles. The summed E-state index contributed by atoms with van der Waals surface area (Å²) in [5.74, 6) is -4.00. The van der Waals surface area contributed by atoms with Crippen LogP contribution in [0.1, 0.15) is 78.5 Å². The SMILES string of the molecule is Cn1cc(NC(=O)c2nccn2C)cc1C(=O)NCCC(=O)Nc1cn(C)c(C(=O)Nc2cc(C(=O)NC3(CC(=O)Nc4cn(C)c(C(=O)O)n4)CC3)n(C)c2)n1. The molecule has 0 aromatic carbocycles. The van der Waals surface area contributed by atoms with Gasteiger partial charge in [-0.3, -0.25) is 28.8 Å². The van der Waals surface area contributed by atoms with Crippen molar-refractivity contribution in [3.63, 3.8) is 0 Å². The summed E-state index contributed by atoms with van der Waals surface area (Å²) in [5, 5.41) is 25.3. The van der Waals surface area contributed by atoms with Gasteiger partial charge in [-0.1, -0.05) is 0 Å². The van der Waals surface area contributed by atoms with Crippen molar-refractivity contribution >= 4 is 64.4 Å². The van der Waals surface area contributed by atoms with E-state index in [1.165, 1.54) is 62.2 Å². The molecule has 0 bridgehead atoms. The molecule has 57 heavy (non-hydrogen) atoms. The number of nitrogens with zero attached hydrogens (tertiary/aromatic N) is 8. The number of carbonyl (C=O) groups excluding carboxylic acids is 6. The molecule has 0 spiro atoms. The molecule has 0 radical (unpaired) electrons. The second-order valence-corrected chi connectivity index (χ2v) is 13.7. The number of carbonyl (C=O) groups is 7. The summed E-state index contributed by atoms with van der Waals surface area (Å²) in [6, 6.07) is 2.97. The van der Waals surface area contributed by atoms with Gasteiger partial charge in [0.1, 0.15) is 11.4 Å². The zero-order valence-corrected chi connectivity index (χ0v) is 31.5. The smallest absolute Gasteiger partial charge is 0.372 e. The third-order valence-electron chi connectivity index (χ3n) is 9.07. The summed E-state index contributed by atoms with van der Waals surface area (Å²) in [6.07, 6.45) is 10.0. The predicted molar refractivity (Wildman–Crippen MR) is 202 cm³/mol. The van der Waals surface area contributed by atoms with Crippen molar-refractivity contribution in [1.29, 1.82) is 0 Å². The molecule has 1 aliphatic carbocycles. The van der Waals surface area contributed by atoms with E-state index < -0.39 is 47.0 Å². The van der Waals surface area contributed by atoms with Crippen molar-refractivity contribution in [2.24, 2.45) is 35.2 Å². The largest absolute Gasteiger partial charge is 0.475 e. The second-order valence-electron chi connectivity index (χ2n) is 13.7. The maximum atomic E-state index is 13.2. The maximum absolute atomic E-state index is 13.2. The Kier molecular flexibility index (Phi) is 10.8. The lowest BCUT2D eigenvalue weighted by Gasteiger charge is -2.17. The number of amides is 6. The Hall–Kier alpha value is -7.52. The lowest BCUT2D eigenvalue weighted by molar-refractivity contribution is -0.117. The minimum Gasteiger partial charge on any atom is -0.475 e. The Balaban J connectivity index is 0.964. The van der Waals surface area contributed by atoms with Crippen LogP contribution in [0.5, 0.6) is 0 Å². The predicted octanol–water partition coefficient (Wildman–Crippen LogP) is 0.817. The third-order valence-corrected chi connectivity index (χ3v) is 9.07. The van der Waals surface area contributed by atoms with Gasteiger partial charge in [-0.05, 0) is 25.0 Å². The summed E-state index contributed by atoms with van der Waals surface area (Å²) < 4.78 is 7.31. The summed E-state index contributed by atoms with van der Waals surface area (Å²) in [4.78, 5) is 100. The van der Waals surface area contributed by atoms with E-state index in [-0.39, 0.29) is 59.9 Å². The molecule has 0 atom stereocenters. The van der Waals surface area contributed by atoms with Crippen molar-refractivity contribution in [3.05, 3.63) is 78.2 Å². The van der Waals surface area contributed by atoms with Crippen molar-refractivity contribution in [2.75, 3.05) is 27.8 Å². The third kappa shape index (κ3) is 9.07. The minimum atomic E-state index is -1.24. The van der Waals surface area contributed by atoms with E-state index in [2.05, 4.69) is 46.9 Å². The number of rotatable bonds is 15. The summed E-state index contributed by atoms with van der Waals surface area (Å²) in [7, 11) is 8.01. The molecule has 1 aliphatic rings. The van der Waals surface area contributed by atoms with Crippen molar-refractivity contribution in [3.8, 4) is 0 Å². The summed E-state index contributed by atoms with van der Waals surface area (Å²) in [5.41, 5.74) is 0.375. The average molecular weight is 785 g/mol. The highest BCUT2D eigenvalue weighted by atomic mass is 16.4. The van der Waals surface area contributed by atoms with Gasteiger partial charge in [0.2, 0.25) is 23.5 Å². The quantitative estimate of drug-likeness (QED) is 0.0781. The molecule has 1 saturated carbocycles. The van der Waals surface area contributed by atoms with Crippen LogP contribution < -0.4 is 31.9 Å². The van der Waals surface area contributed by atoms with Crippen LogP contribution >= 0.6 is 0 Å². The van der Waals surface area contributed by atoms with Crippen LogP contribution in [0, 0.1) is 0 Å². The molecule has 0 aliphatic heterocycles. The molecule has 7 N–H and O–H groups in total. The summed E-state index contributed by atoms with van der Waals surface area (Å²) in [6.45, 7) is -0.0102. The number of carboxylic acids is 1. The first-order chi connectivity index (χ1) is 27.0. The molecule has 6 rings (SSSR count). The highest BCUT2D eigenvalue weighted by Crippen LogP contribution is 2.39. The van der Waals surface area contributed by atoms with E-state index >= 15 is 0 Å². The van der Waals surface area contributed by atoms with Crippen molar-refractivity contribution < 1.29 is 38.7 Å². The number of aromatic nitrogens is 8. The van der Waals surface area contributed by atoms with E-state index in [1.54, 1.807) is 45.2 Å². The van der Waals surface area contributed by atoms with Gasteiger partial charge in [-0.25, -0.2) is 19.7 Å². The van der Waals surface area contributed by atoms with E-state index in [0.717, 1.165) is 0 Å². The molecule has 5 aromatic heterocycles. The Morgan fingerprint density at radius 2 is 1.19 bits per heavy atom. The van der Waals surface area contributed by atoms with E-state index in [4.69, 9.17) is 0 Å². The lowest BCUT2D eigenvalue weighted by atomic mass is 10.1. The van der Waals surface area contributed by atoms with Gasteiger partial charge < -0.3 is 59.8 Å². The van der Waals surface area contributed by atoms with Crippen LogP contribution in [-0.2, 0) is 44.8 Å². The van der Waals surface area contributed by atoms with Crippen LogP contribution in [0.4, 0.5) is 23.0 Å². The van der Waals surface area contributed by atoms with E-state index in [1.807, 2.05) is 0 Å². The molecule has 22 heteroatoms. The first-order valence-corrected chi connectivity index (χ1v) is 17.4. The molecule has 6 amide bonds. The highest BCUT2D eigenvalue weighted by Gasteiger charge is 2.46. The average Bonchev–Trinajstić information content (AvgIpc) is 3.63. The zero-order valence-electron chi connectivity index (χ0n) is 31.5. The van der Waals surface area contributed by atoms with Crippen LogP contribution in [0.2, 0.25) is 0 Å². The zero-order chi connectivity index (χ0) is 41.2. The van der Waals surface area contributed by atoms with Crippen LogP contribution in [0.3, 0.4) is 0 Å². The normalized spacial score (nSPS) is 12.7. The first-order valence-electron chi connectivity index (χ1n) is 17.4.